The van der Waals surface area contributed by atoms with Crippen LogP contribution in [0.2, 0.25) is 0 Å². The molecule has 6 heteroatoms. The molecule has 0 aliphatic carbocycles. The van der Waals surface area contributed by atoms with Crippen molar-refractivity contribution in [3.8, 4) is 11.5 Å². The average molecular weight is 370 g/mol. The van der Waals surface area contributed by atoms with Crippen molar-refractivity contribution < 1.29 is 19.4 Å². The van der Waals surface area contributed by atoms with Gasteiger partial charge in [0, 0.05) is 6.20 Å². The number of aliphatic carboxylic acids is 1. The summed E-state index contributed by atoms with van der Waals surface area (Å²) in [7, 11) is 1.63. The van der Waals surface area contributed by atoms with Gasteiger partial charge < -0.3 is 14.6 Å². The Morgan fingerprint density at radius 2 is 2.04 bits per heavy atom. The number of carboxylic acid groups (broad SMARTS) is 1. The van der Waals surface area contributed by atoms with Crippen LogP contribution >= 0.6 is 0 Å². The monoisotopic (exact) mass is 370 g/mol. The average Bonchev–Trinajstić information content (AvgIpc) is 2.70. The molecule has 1 aromatic heterocycles. The predicted molar refractivity (Wildman–Crippen MR) is 102 cm³/mol. The summed E-state index contributed by atoms with van der Waals surface area (Å²) in [5, 5.41) is 9.29. The number of carbonyl (C=O) groups is 1. The van der Waals surface area contributed by atoms with Gasteiger partial charge in [-0.15, -0.1) is 0 Å². The standard InChI is InChI=1S/C21H26N2O4/c1-3-27-18-8-7-16(14-19(18)26-2)20(17-6-4-5-11-22-17)23-12-9-15(10-13-23)21(24)25/h4-8,11,14-15,20H,3,9-10,12-13H2,1-2H3,(H,24,25). The summed E-state index contributed by atoms with van der Waals surface area (Å²) in [6.07, 6.45) is 3.08. The third kappa shape index (κ3) is 4.39. The number of pyridine rings is 1. The van der Waals surface area contributed by atoms with E-state index in [1.165, 1.54) is 0 Å². The molecule has 6 nitrogen and oxygen atoms in total. The Bertz CT molecular complexity index is 758. The van der Waals surface area contributed by atoms with Crippen molar-refractivity contribution in [3.63, 3.8) is 0 Å². The SMILES string of the molecule is CCOc1ccc(C(c2ccccn2)N2CCC(C(=O)O)CC2)cc1OC. The maximum absolute atomic E-state index is 11.3. The molecule has 0 radical (unpaired) electrons. The molecule has 0 amide bonds. The van der Waals surface area contributed by atoms with Gasteiger partial charge in [-0.2, -0.15) is 0 Å². The molecule has 1 saturated heterocycles. The number of rotatable bonds is 7. The number of aromatic nitrogens is 1. The molecular weight excluding hydrogens is 344 g/mol. The number of ether oxygens (including phenoxy) is 2. The number of carboxylic acids is 1. The Labute approximate surface area is 159 Å². The maximum Gasteiger partial charge on any atom is 0.306 e. The van der Waals surface area contributed by atoms with Crippen molar-refractivity contribution in [2.75, 3.05) is 26.8 Å². The molecular formula is C21H26N2O4. The van der Waals surface area contributed by atoms with E-state index in [9.17, 15) is 9.90 Å². The Morgan fingerprint density at radius 3 is 2.63 bits per heavy atom. The van der Waals surface area contributed by atoms with Crippen LogP contribution in [0.1, 0.15) is 37.1 Å². The van der Waals surface area contributed by atoms with E-state index in [0.29, 0.717) is 44.0 Å². The van der Waals surface area contributed by atoms with Crippen LogP contribution in [-0.4, -0.2) is 47.8 Å². The molecule has 2 heterocycles. The molecule has 1 unspecified atom stereocenters. The van der Waals surface area contributed by atoms with E-state index in [4.69, 9.17) is 9.47 Å². The second-order valence-corrected chi connectivity index (χ2v) is 6.65. The fourth-order valence-electron chi connectivity index (χ4n) is 3.64. The predicted octanol–water partition coefficient (Wildman–Crippen LogP) is 3.37. The number of hydrogen-bond acceptors (Lipinski definition) is 5. The van der Waals surface area contributed by atoms with Gasteiger partial charge in [0.25, 0.3) is 0 Å². The highest BCUT2D eigenvalue weighted by Crippen LogP contribution is 2.36. The third-order valence-electron chi connectivity index (χ3n) is 5.02. The minimum atomic E-state index is -0.702. The largest absolute Gasteiger partial charge is 0.493 e. The maximum atomic E-state index is 11.3. The van der Waals surface area contributed by atoms with Crippen LogP contribution in [0.5, 0.6) is 11.5 Å². The normalized spacial score (nSPS) is 16.7. The summed E-state index contributed by atoms with van der Waals surface area (Å²) in [5.41, 5.74) is 2.00. The number of hydrogen-bond donors (Lipinski definition) is 1. The molecule has 3 rings (SSSR count). The van der Waals surface area contributed by atoms with Crippen LogP contribution in [0.3, 0.4) is 0 Å². The fourth-order valence-corrected chi connectivity index (χ4v) is 3.64. The van der Waals surface area contributed by atoms with Gasteiger partial charge in [0.2, 0.25) is 0 Å². The van der Waals surface area contributed by atoms with Gasteiger partial charge >= 0.3 is 5.97 Å². The summed E-state index contributed by atoms with van der Waals surface area (Å²) in [6.45, 7) is 3.94. The first-order valence-corrected chi connectivity index (χ1v) is 9.32. The lowest BCUT2D eigenvalue weighted by atomic mass is 9.93. The smallest absolute Gasteiger partial charge is 0.306 e. The molecule has 1 aliphatic heterocycles. The van der Waals surface area contributed by atoms with E-state index in [1.807, 2.05) is 43.3 Å². The number of benzene rings is 1. The van der Waals surface area contributed by atoms with Crippen LogP contribution in [-0.2, 0) is 4.79 Å². The second kappa shape index (κ2) is 8.86. The third-order valence-corrected chi connectivity index (χ3v) is 5.02. The lowest BCUT2D eigenvalue weighted by Crippen LogP contribution is -2.39. The van der Waals surface area contributed by atoms with Gasteiger partial charge in [-0.3, -0.25) is 14.7 Å². The van der Waals surface area contributed by atoms with Crippen molar-refractivity contribution in [1.82, 2.24) is 9.88 Å². The Kier molecular flexibility index (Phi) is 6.29. The fraction of sp³-hybridized carbons (Fsp3) is 0.429. The van der Waals surface area contributed by atoms with E-state index in [2.05, 4.69) is 9.88 Å². The quantitative estimate of drug-likeness (QED) is 0.806. The van der Waals surface area contributed by atoms with E-state index in [0.717, 1.165) is 11.3 Å². The zero-order valence-corrected chi connectivity index (χ0v) is 15.8. The number of methoxy groups -OCH3 is 1. The Hall–Kier alpha value is -2.60. The molecule has 144 valence electrons. The molecule has 0 spiro atoms. The van der Waals surface area contributed by atoms with Crippen LogP contribution in [0, 0.1) is 5.92 Å². The van der Waals surface area contributed by atoms with Gasteiger partial charge in [-0.25, -0.2) is 0 Å². The summed E-state index contributed by atoms with van der Waals surface area (Å²) >= 11 is 0. The molecule has 2 aromatic rings. The zero-order chi connectivity index (χ0) is 19.2. The van der Waals surface area contributed by atoms with Gasteiger partial charge in [-0.1, -0.05) is 12.1 Å². The summed E-state index contributed by atoms with van der Waals surface area (Å²) in [6, 6.07) is 11.8. The Morgan fingerprint density at radius 1 is 1.26 bits per heavy atom. The molecule has 27 heavy (non-hydrogen) atoms. The summed E-state index contributed by atoms with van der Waals surface area (Å²) < 4.78 is 11.2. The molecule has 1 N–H and O–H groups in total. The van der Waals surface area contributed by atoms with Crippen molar-refractivity contribution in [2.45, 2.75) is 25.8 Å². The lowest BCUT2D eigenvalue weighted by molar-refractivity contribution is -0.143. The highest BCUT2D eigenvalue weighted by atomic mass is 16.5. The van der Waals surface area contributed by atoms with Crippen LogP contribution < -0.4 is 9.47 Å². The van der Waals surface area contributed by atoms with E-state index < -0.39 is 5.97 Å². The van der Waals surface area contributed by atoms with Gasteiger partial charge in [0.05, 0.1) is 31.4 Å². The minimum Gasteiger partial charge on any atom is -0.493 e. The first-order chi connectivity index (χ1) is 13.1. The number of nitrogens with zero attached hydrogens (tertiary/aromatic N) is 2. The van der Waals surface area contributed by atoms with E-state index in [-0.39, 0.29) is 12.0 Å². The highest BCUT2D eigenvalue weighted by molar-refractivity contribution is 5.70. The van der Waals surface area contributed by atoms with Crippen molar-refractivity contribution in [2.24, 2.45) is 5.92 Å². The zero-order valence-electron chi connectivity index (χ0n) is 15.8. The van der Waals surface area contributed by atoms with Crippen molar-refractivity contribution in [3.05, 3.63) is 53.9 Å². The second-order valence-electron chi connectivity index (χ2n) is 6.65. The van der Waals surface area contributed by atoms with E-state index in [1.54, 1.807) is 13.3 Å². The van der Waals surface area contributed by atoms with Crippen molar-refractivity contribution in [1.29, 1.82) is 0 Å². The Balaban J connectivity index is 1.93. The van der Waals surface area contributed by atoms with Crippen molar-refractivity contribution >= 4 is 5.97 Å². The first kappa shape index (κ1) is 19.2. The van der Waals surface area contributed by atoms with E-state index >= 15 is 0 Å². The van der Waals surface area contributed by atoms with Crippen LogP contribution in [0.15, 0.2) is 42.6 Å². The van der Waals surface area contributed by atoms with Crippen LogP contribution in [0.25, 0.3) is 0 Å². The van der Waals surface area contributed by atoms with Gasteiger partial charge in [0.15, 0.2) is 11.5 Å². The molecule has 1 atom stereocenters. The molecule has 0 saturated carbocycles. The van der Waals surface area contributed by atoms with Crippen LogP contribution in [0.4, 0.5) is 0 Å². The van der Waals surface area contributed by atoms with Gasteiger partial charge in [0.1, 0.15) is 0 Å². The molecule has 1 aliphatic rings. The number of likely N-dealkylation sites (tertiary alicyclic amines) is 1. The minimum absolute atomic E-state index is 0.0504. The molecule has 1 aromatic carbocycles. The summed E-state index contributed by atoms with van der Waals surface area (Å²) in [5.74, 6) is 0.441. The first-order valence-electron chi connectivity index (χ1n) is 9.32. The lowest BCUT2D eigenvalue weighted by Gasteiger charge is -2.36. The molecule has 1 fully saturated rings. The number of piperidine rings is 1. The van der Waals surface area contributed by atoms with Gasteiger partial charge in [-0.05, 0) is 62.7 Å². The topological polar surface area (TPSA) is 71.9 Å². The highest BCUT2D eigenvalue weighted by Gasteiger charge is 2.31. The molecule has 0 bridgehead atoms. The summed E-state index contributed by atoms with van der Waals surface area (Å²) in [4.78, 5) is 18.2.